The van der Waals surface area contributed by atoms with Crippen LogP contribution in [0.2, 0.25) is 0 Å². The normalized spacial score (nSPS) is 11.6. The predicted octanol–water partition coefficient (Wildman–Crippen LogP) is 4.02. The van der Waals surface area contributed by atoms with Crippen LogP contribution < -0.4 is 9.73 Å². The molecule has 1 aromatic heterocycles. The lowest BCUT2D eigenvalue weighted by atomic mass is 10.1. The Hall–Kier alpha value is -2.97. The van der Waals surface area contributed by atoms with E-state index in [-0.39, 0.29) is 11.4 Å². The summed E-state index contributed by atoms with van der Waals surface area (Å²) in [6, 6.07) is 15.5. The van der Waals surface area contributed by atoms with Crippen LogP contribution in [-0.4, -0.2) is 27.1 Å². The zero-order valence-corrected chi connectivity index (χ0v) is 18.6. The van der Waals surface area contributed by atoms with Crippen molar-refractivity contribution in [2.45, 2.75) is 25.7 Å². The van der Waals surface area contributed by atoms with E-state index in [9.17, 15) is 13.2 Å². The van der Waals surface area contributed by atoms with Gasteiger partial charge in [0.25, 0.3) is 15.9 Å². The monoisotopic (exact) mass is 441 g/mol. The minimum atomic E-state index is -3.93. The number of hydrazone groups is 1. The third-order valence-electron chi connectivity index (χ3n) is 4.39. The molecule has 0 saturated carbocycles. The van der Waals surface area contributed by atoms with Crippen LogP contribution in [0, 0.1) is 20.8 Å². The largest absolute Gasteiger partial charge is 0.271 e. The molecule has 1 N–H and O–H groups in total. The van der Waals surface area contributed by atoms with Gasteiger partial charge in [0.05, 0.1) is 16.8 Å². The van der Waals surface area contributed by atoms with Crippen molar-refractivity contribution in [1.82, 2.24) is 5.43 Å². The fraction of sp³-hybridized carbons (Fsp3) is 0.182. The first kappa shape index (κ1) is 21.7. The number of amides is 1. The van der Waals surface area contributed by atoms with Crippen LogP contribution in [0.15, 0.2) is 70.0 Å². The maximum atomic E-state index is 13.3. The Morgan fingerprint density at radius 2 is 1.73 bits per heavy atom. The van der Waals surface area contributed by atoms with E-state index in [2.05, 4.69) is 10.5 Å². The van der Waals surface area contributed by atoms with Crippen LogP contribution in [0.5, 0.6) is 0 Å². The topological polar surface area (TPSA) is 78.8 Å². The second-order valence-corrected chi connectivity index (χ2v) is 9.74. The van der Waals surface area contributed by atoms with Crippen molar-refractivity contribution in [3.63, 3.8) is 0 Å². The second kappa shape index (κ2) is 9.23. The Labute approximate surface area is 180 Å². The van der Waals surface area contributed by atoms with Gasteiger partial charge in [0.15, 0.2) is 0 Å². The molecule has 0 aliphatic heterocycles. The molecule has 156 valence electrons. The smallest absolute Gasteiger partial charge is 0.264 e. The molecule has 0 saturated heterocycles. The average molecular weight is 442 g/mol. The lowest BCUT2D eigenvalue weighted by molar-refractivity contribution is -0.119. The maximum absolute atomic E-state index is 13.3. The number of aryl methyl sites for hydroxylation is 3. The van der Waals surface area contributed by atoms with Gasteiger partial charge in [-0.05, 0) is 73.2 Å². The van der Waals surface area contributed by atoms with Gasteiger partial charge in [0.1, 0.15) is 6.54 Å². The van der Waals surface area contributed by atoms with Crippen molar-refractivity contribution in [1.29, 1.82) is 0 Å². The molecular formula is C22H23N3O3S2. The van der Waals surface area contributed by atoms with Crippen molar-refractivity contribution >= 4 is 39.2 Å². The van der Waals surface area contributed by atoms with Crippen LogP contribution in [-0.2, 0) is 14.8 Å². The molecule has 3 rings (SSSR count). The molecule has 6 nitrogen and oxygen atoms in total. The van der Waals surface area contributed by atoms with Crippen LogP contribution in [0.25, 0.3) is 0 Å². The van der Waals surface area contributed by atoms with Gasteiger partial charge in [-0.15, -0.1) is 11.3 Å². The van der Waals surface area contributed by atoms with Crippen LogP contribution in [0.3, 0.4) is 0 Å². The van der Waals surface area contributed by atoms with Crippen molar-refractivity contribution < 1.29 is 13.2 Å². The van der Waals surface area contributed by atoms with Gasteiger partial charge in [-0.3, -0.25) is 9.10 Å². The lowest BCUT2D eigenvalue weighted by Gasteiger charge is -2.24. The Kier molecular flexibility index (Phi) is 6.69. The summed E-state index contributed by atoms with van der Waals surface area (Å²) in [5.74, 6) is -0.529. The van der Waals surface area contributed by atoms with Crippen molar-refractivity contribution in [3.05, 3.63) is 81.5 Å². The number of carbonyl (C=O) groups is 1. The second-order valence-electron chi connectivity index (χ2n) is 6.93. The molecule has 1 heterocycles. The molecule has 1 amide bonds. The quantitative estimate of drug-likeness (QED) is 0.444. The summed E-state index contributed by atoms with van der Waals surface area (Å²) in [6.45, 7) is 5.34. The molecule has 0 atom stereocenters. The van der Waals surface area contributed by atoms with E-state index in [4.69, 9.17) is 0 Å². The Bertz CT molecular complexity index is 1150. The first-order valence-corrected chi connectivity index (χ1v) is 11.6. The summed E-state index contributed by atoms with van der Waals surface area (Å²) in [4.78, 5) is 13.6. The SMILES string of the molecule is Cc1cc(C)cc(N(CC(=O)N/N=C/c2sccc2C)S(=O)(=O)c2ccccc2)c1. The average Bonchev–Trinajstić information content (AvgIpc) is 3.10. The van der Waals surface area contributed by atoms with Gasteiger partial charge >= 0.3 is 0 Å². The fourth-order valence-electron chi connectivity index (χ4n) is 2.97. The fourth-order valence-corrected chi connectivity index (χ4v) is 5.19. The number of sulfonamides is 1. The maximum Gasteiger partial charge on any atom is 0.264 e. The van der Waals surface area contributed by atoms with E-state index in [1.807, 2.05) is 38.3 Å². The summed E-state index contributed by atoms with van der Waals surface area (Å²) in [7, 11) is -3.93. The highest BCUT2D eigenvalue weighted by molar-refractivity contribution is 7.92. The van der Waals surface area contributed by atoms with Gasteiger partial charge < -0.3 is 0 Å². The number of benzene rings is 2. The first-order valence-electron chi connectivity index (χ1n) is 9.29. The summed E-state index contributed by atoms with van der Waals surface area (Å²) in [5.41, 5.74) is 5.74. The van der Waals surface area contributed by atoms with E-state index in [0.29, 0.717) is 5.69 Å². The molecule has 0 aliphatic carbocycles. The van der Waals surface area contributed by atoms with Crippen LogP contribution in [0.1, 0.15) is 21.6 Å². The molecule has 0 aliphatic rings. The number of anilines is 1. The van der Waals surface area contributed by atoms with E-state index in [0.717, 1.165) is 25.9 Å². The number of nitrogens with zero attached hydrogens (tertiary/aromatic N) is 2. The third kappa shape index (κ3) is 5.14. The van der Waals surface area contributed by atoms with Gasteiger partial charge in [-0.1, -0.05) is 24.3 Å². The molecule has 0 radical (unpaired) electrons. The number of carbonyl (C=O) groups excluding carboxylic acids is 1. The van der Waals surface area contributed by atoms with Crippen LogP contribution in [0.4, 0.5) is 5.69 Å². The van der Waals surface area contributed by atoms with E-state index in [1.54, 1.807) is 36.5 Å². The zero-order valence-electron chi connectivity index (χ0n) is 17.0. The molecular weight excluding hydrogens is 418 g/mol. The van der Waals surface area contributed by atoms with E-state index in [1.165, 1.54) is 23.5 Å². The van der Waals surface area contributed by atoms with Crippen LogP contribution >= 0.6 is 11.3 Å². The highest BCUT2D eigenvalue weighted by Crippen LogP contribution is 2.25. The van der Waals surface area contributed by atoms with Gasteiger partial charge in [-0.2, -0.15) is 5.10 Å². The first-order chi connectivity index (χ1) is 14.3. The van der Waals surface area contributed by atoms with Gasteiger partial charge in [-0.25, -0.2) is 13.8 Å². The molecule has 2 aromatic carbocycles. The number of rotatable bonds is 7. The minimum absolute atomic E-state index is 0.120. The molecule has 3 aromatic rings. The number of thiophene rings is 1. The van der Waals surface area contributed by atoms with Gasteiger partial charge in [0.2, 0.25) is 0 Å². The Balaban J connectivity index is 1.89. The Morgan fingerprint density at radius 1 is 1.07 bits per heavy atom. The molecule has 8 heteroatoms. The van der Waals surface area contributed by atoms with E-state index >= 15 is 0 Å². The summed E-state index contributed by atoms with van der Waals surface area (Å²) >= 11 is 1.51. The molecule has 0 unspecified atom stereocenters. The number of hydrogen-bond donors (Lipinski definition) is 1. The summed E-state index contributed by atoms with van der Waals surface area (Å²) in [6.07, 6.45) is 1.56. The van der Waals surface area contributed by atoms with Crippen molar-refractivity contribution in [3.8, 4) is 0 Å². The van der Waals surface area contributed by atoms with Gasteiger partial charge in [0, 0.05) is 4.88 Å². The summed E-state index contributed by atoms with van der Waals surface area (Å²) in [5, 5.41) is 5.91. The zero-order chi connectivity index (χ0) is 21.7. The molecule has 0 spiro atoms. The lowest BCUT2D eigenvalue weighted by Crippen LogP contribution is -2.39. The standard InChI is InChI=1S/C22H23N3O3S2/c1-16-11-17(2)13-19(12-16)25(30(27,28)20-7-5-4-6-8-20)15-22(26)24-23-14-21-18(3)9-10-29-21/h4-14H,15H2,1-3H3,(H,24,26)/b23-14+. The number of hydrogen-bond acceptors (Lipinski definition) is 5. The minimum Gasteiger partial charge on any atom is -0.271 e. The van der Waals surface area contributed by atoms with Crippen molar-refractivity contribution in [2.24, 2.45) is 5.10 Å². The Morgan fingerprint density at radius 3 is 2.33 bits per heavy atom. The molecule has 0 bridgehead atoms. The third-order valence-corrected chi connectivity index (χ3v) is 7.13. The summed E-state index contributed by atoms with van der Waals surface area (Å²) < 4.78 is 27.7. The number of nitrogens with one attached hydrogen (secondary N) is 1. The highest BCUT2D eigenvalue weighted by atomic mass is 32.2. The predicted molar refractivity (Wildman–Crippen MR) is 122 cm³/mol. The van der Waals surface area contributed by atoms with E-state index < -0.39 is 15.9 Å². The highest BCUT2D eigenvalue weighted by Gasteiger charge is 2.27. The molecule has 30 heavy (non-hydrogen) atoms. The molecule has 0 fully saturated rings. The van der Waals surface area contributed by atoms with Crippen molar-refractivity contribution in [2.75, 3.05) is 10.8 Å².